The SMILES string of the molecule is CC/C=C\C/C=C\C/C=C\C/C=C\CCCCCCCCCCCCCCCCC(=O)OCC(COC(=O)CCCCCCCCCC)OC(=O)CCCCCCCCCCCCCCCCCCCCC. The Hall–Kier alpha value is -2.63. The molecule has 72 heavy (non-hydrogen) atoms. The van der Waals surface area contributed by atoms with Gasteiger partial charge < -0.3 is 14.2 Å². The van der Waals surface area contributed by atoms with Gasteiger partial charge in [-0.1, -0.05) is 307 Å². The molecule has 0 bridgehead atoms. The zero-order chi connectivity index (χ0) is 52.2. The van der Waals surface area contributed by atoms with E-state index in [2.05, 4.69) is 69.4 Å². The molecule has 0 N–H and O–H groups in total. The highest BCUT2D eigenvalue weighted by atomic mass is 16.6. The van der Waals surface area contributed by atoms with E-state index >= 15 is 0 Å². The molecule has 0 aromatic heterocycles. The highest BCUT2D eigenvalue weighted by Gasteiger charge is 2.19. The molecule has 0 saturated heterocycles. The minimum atomic E-state index is -0.767. The first-order valence-corrected chi connectivity index (χ1v) is 31.6. The van der Waals surface area contributed by atoms with Crippen molar-refractivity contribution in [2.24, 2.45) is 0 Å². The fourth-order valence-corrected chi connectivity index (χ4v) is 9.38. The van der Waals surface area contributed by atoms with Crippen LogP contribution in [0.15, 0.2) is 48.6 Å². The van der Waals surface area contributed by atoms with Crippen LogP contribution in [0.25, 0.3) is 0 Å². The lowest BCUT2D eigenvalue weighted by atomic mass is 10.0. The van der Waals surface area contributed by atoms with Crippen LogP contribution < -0.4 is 0 Å². The monoisotopic (exact) mass is 1010 g/mol. The van der Waals surface area contributed by atoms with Gasteiger partial charge in [0.15, 0.2) is 6.10 Å². The van der Waals surface area contributed by atoms with Gasteiger partial charge in [-0.05, 0) is 57.8 Å². The molecule has 0 radical (unpaired) electrons. The van der Waals surface area contributed by atoms with Crippen LogP contribution in [0.1, 0.15) is 335 Å². The van der Waals surface area contributed by atoms with Crippen LogP contribution in [0.5, 0.6) is 0 Å². The molecule has 0 aliphatic heterocycles. The summed E-state index contributed by atoms with van der Waals surface area (Å²) in [5.41, 5.74) is 0. The molecule has 0 aliphatic rings. The third-order valence-corrected chi connectivity index (χ3v) is 14.1. The standard InChI is InChI=1S/C66H120O6/c1-4-7-10-13-16-19-21-23-25-27-29-30-31-32-33-34-35-36-38-39-41-43-45-47-50-53-56-59-65(68)71-62-63(61-70-64(67)58-55-52-49-18-15-12-9-6-3)72-66(69)60-57-54-51-48-46-44-42-40-37-28-26-24-22-20-17-14-11-8-5-2/h7,10,16,19,23,25,29-30,63H,4-6,8-9,11-15,17-18,20-22,24,26-28,31-62H2,1-3H3/b10-7-,19-16-,25-23-,30-29-. The summed E-state index contributed by atoms with van der Waals surface area (Å²) in [5.74, 6) is -0.851. The molecule has 6 heteroatoms. The Balaban J connectivity index is 4.11. The molecule has 0 spiro atoms. The van der Waals surface area contributed by atoms with Crippen molar-refractivity contribution in [3.8, 4) is 0 Å². The van der Waals surface area contributed by atoms with Crippen LogP contribution in [0.3, 0.4) is 0 Å². The molecule has 1 unspecified atom stereocenters. The molecule has 6 nitrogen and oxygen atoms in total. The van der Waals surface area contributed by atoms with Crippen molar-refractivity contribution in [3.05, 3.63) is 48.6 Å². The van der Waals surface area contributed by atoms with Gasteiger partial charge in [0.25, 0.3) is 0 Å². The van der Waals surface area contributed by atoms with Crippen molar-refractivity contribution in [2.45, 2.75) is 341 Å². The van der Waals surface area contributed by atoms with Crippen LogP contribution >= 0.6 is 0 Å². The first-order valence-electron chi connectivity index (χ1n) is 31.6. The van der Waals surface area contributed by atoms with Crippen molar-refractivity contribution in [3.63, 3.8) is 0 Å². The second-order valence-electron chi connectivity index (χ2n) is 21.3. The summed E-state index contributed by atoms with van der Waals surface area (Å²) < 4.78 is 16.9. The number of rotatable bonds is 58. The van der Waals surface area contributed by atoms with Gasteiger partial charge in [-0.15, -0.1) is 0 Å². The molecule has 0 aromatic carbocycles. The van der Waals surface area contributed by atoms with Gasteiger partial charge in [-0.25, -0.2) is 0 Å². The van der Waals surface area contributed by atoms with E-state index in [-0.39, 0.29) is 31.1 Å². The Labute approximate surface area is 448 Å². The minimum Gasteiger partial charge on any atom is -0.462 e. The Morgan fingerprint density at radius 1 is 0.292 bits per heavy atom. The maximum atomic E-state index is 12.9. The molecular formula is C66H120O6. The lowest BCUT2D eigenvalue weighted by molar-refractivity contribution is -0.167. The largest absolute Gasteiger partial charge is 0.462 e. The Bertz CT molecular complexity index is 1250. The summed E-state index contributed by atoms with van der Waals surface area (Å²) in [4.78, 5) is 38.1. The average molecular weight is 1010 g/mol. The molecule has 0 fully saturated rings. The molecule has 0 saturated carbocycles. The van der Waals surface area contributed by atoms with Crippen molar-refractivity contribution >= 4 is 17.9 Å². The van der Waals surface area contributed by atoms with E-state index in [1.165, 1.54) is 212 Å². The van der Waals surface area contributed by atoms with Gasteiger partial charge >= 0.3 is 17.9 Å². The minimum absolute atomic E-state index is 0.0676. The number of allylic oxidation sites excluding steroid dienone is 8. The lowest BCUT2D eigenvalue weighted by Gasteiger charge is -2.18. The molecule has 420 valence electrons. The highest BCUT2D eigenvalue weighted by molar-refractivity contribution is 5.71. The molecular weight excluding hydrogens is 889 g/mol. The summed E-state index contributed by atoms with van der Waals surface area (Å²) in [7, 11) is 0. The highest BCUT2D eigenvalue weighted by Crippen LogP contribution is 2.18. The number of hydrogen-bond donors (Lipinski definition) is 0. The van der Waals surface area contributed by atoms with Crippen molar-refractivity contribution in [2.75, 3.05) is 13.2 Å². The molecule has 0 aliphatic carbocycles. The van der Waals surface area contributed by atoms with Crippen LogP contribution in [0.2, 0.25) is 0 Å². The maximum Gasteiger partial charge on any atom is 0.306 e. The van der Waals surface area contributed by atoms with Crippen molar-refractivity contribution < 1.29 is 28.6 Å². The van der Waals surface area contributed by atoms with Gasteiger partial charge in [0.05, 0.1) is 0 Å². The van der Waals surface area contributed by atoms with Gasteiger partial charge in [-0.3, -0.25) is 14.4 Å². The summed E-state index contributed by atoms with van der Waals surface area (Å²) in [6.07, 6.45) is 75.7. The van der Waals surface area contributed by atoms with E-state index in [9.17, 15) is 14.4 Å². The Morgan fingerprint density at radius 2 is 0.542 bits per heavy atom. The normalized spacial score (nSPS) is 12.3. The Morgan fingerprint density at radius 3 is 0.847 bits per heavy atom. The number of carbonyl (C=O) groups excluding carboxylic acids is 3. The van der Waals surface area contributed by atoms with E-state index in [1.807, 2.05) is 0 Å². The number of hydrogen-bond acceptors (Lipinski definition) is 6. The average Bonchev–Trinajstić information content (AvgIpc) is 3.38. The molecule has 1 atom stereocenters. The van der Waals surface area contributed by atoms with E-state index in [4.69, 9.17) is 14.2 Å². The summed E-state index contributed by atoms with van der Waals surface area (Å²) in [6.45, 7) is 6.55. The summed E-state index contributed by atoms with van der Waals surface area (Å²) in [6, 6.07) is 0. The number of carbonyl (C=O) groups is 3. The van der Waals surface area contributed by atoms with E-state index in [0.29, 0.717) is 19.3 Å². The summed E-state index contributed by atoms with van der Waals surface area (Å²) in [5, 5.41) is 0. The maximum absolute atomic E-state index is 12.9. The van der Waals surface area contributed by atoms with E-state index in [0.717, 1.165) is 83.5 Å². The number of unbranched alkanes of at least 4 members (excludes halogenated alkanes) is 39. The molecule has 0 aromatic rings. The first kappa shape index (κ1) is 69.4. The van der Waals surface area contributed by atoms with Gasteiger partial charge in [0, 0.05) is 19.3 Å². The Kier molecular flexibility index (Phi) is 58.7. The topological polar surface area (TPSA) is 78.9 Å². The smallest absolute Gasteiger partial charge is 0.306 e. The van der Waals surface area contributed by atoms with Crippen LogP contribution in [-0.4, -0.2) is 37.2 Å². The van der Waals surface area contributed by atoms with E-state index in [1.54, 1.807) is 0 Å². The van der Waals surface area contributed by atoms with Crippen LogP contribution in [-0.2, 0) is 28.6 Å². The van der Waals surface area contributed by atoms with Crippen molar-refractivity contribution in [1.82, 2.24) is 0 Å². The van der Waals surface area contributed by atoms with Gasteiger partial charge in [0.2, 0.25) is 0 Å². The van der Waals surface area contributed by atoms with E-state index < -0.39 is 6.10 Å². The second kappa shape index (κ2) is 60.9. The predicted octanol–water partition coefficient (Wildman–Crippen LogP) is 21.4. The third-order valence-electron chi connectivity index (χ3n) is 14.1. The van der Waals surface area contributed by atoms with Crippen LogP contribution in [0, 0.1) is 0 Å². The molecule has 0 amide bonds. The summed E-state index contributed by atoms with van der Waals surface area (Å²) >= 11 is 0. The van der Waals surface area contributed by atoms with Crippen molar-refractivity contribution in [1.29, 1.82) is 0 Å². The first-order chi connectivity index (χ1) is 35.5. The quantitative estimate of drug-likeness (QED) is 0.0261. The van der Waals surface area contributed by atoms with Gasteiger partial charge in [0.1, 0.15) is 13.2 Å². The second-order valence-corrected chi connectivity index (χ2v) is 21.3. The zero-order valence-corrected chi connectivity index (χ0v) is 48.2. The lowest BCUT2D eigenvalue weighted by Crippen LogP contribution is -2.30. The fourth-order valence-electron chi connectivity index (χ4n) is 9.38. The van der Waals surface area contributed by atoms with Crippen LogP contribution in [0.4, 0.5) is 0 Å². The zero-order valence-electron chi connectivity index (χ0n) is 48.2. The van der Waals surface area contributed by atoms with Gasteiger partial charge in [-0.2, -0.15) is 0 Å². The molecule has 0 heterocycles. The predicted molar refractivity (Wildman–Crippen MR) is 312 cm³/mol. The number of esters is 3. The fraction of sp³-hybridized carbons (Fsp3) is 0.833. The number of ether oxygens (including phenoxy) is 3. The molecule has 0 rings (SSSR count). The third kappa shape index (κ3) is 58.3.